The maximum Gasteiger partial charge on any atom is 0.123 e. The van der Waals surface area contributed by atoms with Crippen molar-refractivity contribution >= 4 is 17.8 Å². The summed E-state index contributed by atoms with van der Waals surface area (Å²) in [7, 11) is 1.55. The zero-order chi connectivity index (χ0) is 13.7. The number of methoxy groups -OCH3 is 1. The van der Waals surface area contributed by atoms with Crippen LogP contribution in [0.2, 0.25) is 0 Å². The molecular formula is C15H13NO3. The third-order valence-corrected chi connectivity index (χ3v) is 2.62. The molecule has 96 valence electrons. The van der Waals surface area contributed by atoms with Crippen molar-refractivity contribution in [2.24, 2.45) is 5.18 Å². The Morgan fingerprint density at radius 1 is 1.05 bits per heavy atom. The van der Waals surface area contributed by atoms with Gasteiger partial charge in [0.05, 0.1) is 7.11 Å². The third kappa shape index (κ3) is 3.42. The number of ether oxygens (including phenoxy) is 1. The Balaban J connectivity index is 2.21. The molecule has 0 radical (unpaired) electrons. The van der Waals surface area contributed by atoms with E-state index in [1.54, 1.807) is 43.5 Å². The number of nitroso groups, excluding NO2 is 1. The van der Waals surface area contributed by atoms with Gasteiger partial charge in [0.25, 0.3) is 0 Å². The highest BCUT2D eigenvalue weighted by molar-refractivity contribution is 5.71. The van der Waals surface area contributed by atoms with E-state index in [4.69, 9.17) is 4.74 Å². The number of aromatic hydroxyl groups is 1. The van der Waals surface area contributed by atoms with Crippen molar-refractivity contribution in [3.05, 3.63) is 58.5 Å². The summed E-state index contributed by atoms with van der Waals surface area (Å²) in [5.74, 6) is 0.750. The van der Waals surface area contributed by atoms with Crippen molar-refractivity contribution in [3.8, 4) is 11.5 Å². The van der Waals surface area contributed by atoms with Crippen molar-refractivity contribution in [1.82, 2.24) is 0 Å². The van der Waals surface area contributed by atoms with Crippen LogP contribution in [0.15, 0.2) is 47.6 Å². The van der Waals surface area contributed by atoms with E-state index in [9.17, 15) is 10.0 Å². The van der Waals surface area contributed by atoms with Gasteiger partial charge in [-0.05, 0) is 40.6 Å². The van der Waals surface area contributed by atoms with Gasteiger partial charge in [-0.1, -0.05) is 24.3 Å². The zero-order valence-corrected chi connectivity index (χ0v) is 10.4. The minimum atomic E-state index is 0.152. The molecule has 0 aromatic heterocycles. The second-order valence-corrected chi connectivity index (χ2v) is 3.98. The smallest absolute Gasteiger partial charge is 0.123 e. The average molecular weight is 255 g/mol. The SMILES string of the molecule is COc1cc(O)cc(/C=C/c2ccc(N=O)cc2)c1. The number of nitrogens with zero attached hydrogens (tertiary/aromatic N) is 1. The van der Waals surface area contributed by atoms with E-state index in [1.165, 1.54) is 0 Å². The van der Waals surface area contributed by atoms with E-state index in [-0.39, 0.29) is 5.75 Å². The van der Waals surface area contributed by atoms with Gasteiger partial charge in [-0.3, -0.25) is 0 Å². The molecule has 1 N–H and O–H groups in total. The Bertz CT molecular complexity index is 603. The molecule has 0 fully saturated rings. The molecule has 0 amide bonds. The molecule has 0 bridgehead atoms. The number of phenols is 1. The molecule has 19 heavy (non-hydrogen) atoms. The van der Waals surface area contributed by atoms with Crippen LogP contribution in [-0.2, 0) is 0 Å². The zero-order valence-electron chi connectivity index (χ0n) is 10.4. The highest BCUT2D eigenvalue weighted by Gasteiger charge is 1.97. The van der Waals surface area contributed by atoms with Crippen LogP contribution in [0.1, 0.15) is 11.1 Å². The standard InChI is InChI=1S/C15H13NO3/c1-19-15-9-12(8-14(17)10-15)3-2-11-4-6-13(16-18)7-5-11/h2-10,17H,1H3/b3-2+. The lowest BCUT2D eigenvalue weighted by atomic mass is 10.1. The molecule has 0 heterocycles. The van der Waals surface area contributed by atoms with Gasteiger partial charge in [0.1, 0.15) is 17.2 Å². The van der Waals surface area contributed by atoms with E-state index in [0.29, 0.717) is 11.4 Å². The normalized spacial score (nSPS) is 10.6. The Hall–Kier alpha value is -2.62. The van der Waals surface area contributed by atoms with Crippen LogP contribution in [0.3, 0.4) is 0 Å². The van der Waals surface area contributed by atoms with Crippen molar-refractivity contribution in [2.45, 2.75) is 0 Å². The summed E-state index contributed by atoms with van der Waals surface area (Å²) in [6, 6.07) is 11.9. The Morgan fingerprint density at radius 2 is 1.74 bits per heavy atom. The monoisotopic (exact) mass is 255 g/mol. The fourth-order valence-corrected chi connectivity index (χ4v) is 1.66. The number of benzene rings is 2. The highest BCUT2D eigenvalue weighted by atomic mass is 16.5. The van der Waals surface area contributed by atoms with Crippen LogP contribution < -0.4 is 4.74 Å². The molecular weight excluding hydrogens is 242 g/mol. The van der Waals surface area contributed by atoms with Gasteiger partial charge in [-0.15, -0.1) is 4.91 Å². The molecule has 0 unspecified atom stereocenters. The van der Waals surface area contributed by atoms with Crippen molar-refractivity contribution in [3.63, 3.8) is 0 Å². The van der Waals surface area contributed by atoms with Gasteiger partial charge in [0, 0.05) is 6.07 Å². The molecule has 4 nitrogen and oxygen atoms in total. The lowest BCUT2D eigenvalue weighted by Gasteiger charge is -2.02. The van der Waals surface area contributed by atoms with Crippen LogP contribution in [0, 0.1) is 4.91 Å². The van der Waals surface area contributed by atoms with Gasteiger partial charge in [-0.25, -0.2) is 0 Å². The number of hydrogen-bond donors (Lipinski definition) is 1. The quantitative estimate of drug-likeness (QED) is 0.664. The van der Waals surface area contributed by atoms with Crippen LogP contribution >= 0.6 is 0 Å². The van der Waals surface area contributed by atoms with Gasteiger partial charge >= 0.3 is 0 Å². The van der Waals surface area contributed by atoms with Crippen LogP contribution in [-0.4, -0.2) is 12.2 Å². The lowest BCUT2D eigenvalue weighted by molar-refractivity contribution is 0.407. The molecule has 0 aliphatic carbocycles. The molecule has 0 aliphatic heterocycles. The lowest BCUT2D eigenvalue weighted by Crippen LogP contribution is -1.83. The van der Waals surface area contributed by atoms with Crippen molar-refractivity contribution in [1.29, 1.82) is 0 Å². The molecule has 0 saturated carbocycles. The largest absolute Gasteiger partial charge is 0.508 e. The van der Waals surface area contributed by atoms with E-state index in [0.717, 1.165) is 11.1 Å². The third-order valence-electron chi connectivity index (χ3n) is 2.62. The fraction of sp³-hybridized carbons (Fsp3) is 0.0667. The maximum atomic E-state index is 10.3. The Kier molecular flexibility index (Phi) is 3.93. The topological polar surface area (TPSA) is 58.9 Å². The molecule has 0 aliphatic rings. The van der Waals surface area contributed by atoms with Crippen molar-refractivity contribution in [2.75, 3.05) is 7.11 Å². The predicted octanol–water partition coefficient (Wildman–Crippen LogP) is 3.97. The molecule has 4 heteroatoms. The van der Waals surface area contributed by atoms with E-state index < -0.39 is 0 Å². The van der Waals surface area contributed by atoms with Crippen LogP contribution in [0.5, 0.6) is 11.5 Å². The predicted molar refractivity (Wildman–Crippen MR) is 75.5 cm³/mol. The second-order valence-electron chi connectivity index (χ2n) is 3.98. The summed E-state index contributed by atoms with van der Waals surface area (Å²) in [5.41, 5.74) is 2.17. The number of hydrogen-bond acceptors (Lipinski definition) is 4. The van der Waals surface area contributed by atoms with Gasteiger partial charge in [0.15, 0.2) is 0 Å². The molecule has 0 saturated heterocycles. The first-order chi connectivity index (χ1) is 9.21. The first kappa shape index (κ1) is 12.8. The van der Waals surface area contributed by atoms with E-state index >= 15 is 0 Å². The van der Waals surface area contributed by atoms with Gasteiger partial charge < -0.3 is 9.84 Å². The van der Waals surface area contributed by atoms with Gasteiger partial charge in [0.2, 0.25) is 0 Å². The van der Waals surface area contributed by atoms with E-state index in [1.807, 2.05) is 18.2 Å². The summed E-state index contributed by atoms with van der Waals surface area (Å²) in [4.78, 5) is 10.3. The van der Waals surface area contributed by atoms with Crippen LogP contribution in [0.4, 0.5) is 5.69 Å². The molecule has 2 aromatic carbocycles. The van der Waals surface area contributed by atoms with Crippen molar-refractivity contribution < 1.29 is 9.84 Å². The molecule has 0 spiro atoms. The van der Waals surface area contributed by atoms with Crippen LogP contribution in [0.25, 0.3) is 12.2 Å². The highest BCUT2D eigenvalue weighted by Crippen LogP contribution is 2.23. The molecule has 2 rings (SSSR count). The number of phenolic OH excluding ortho intramolecular Hbond substituents is 1. The summed E-state index contributed by atoms with van der Waals surface area (Å²) in [5, 5.41) is 12.4. The average Bonchev–Trinajstić information content (AvgIpc) is 2.45. The minimum absolute atomic E-state index is 0.152. The summed E-state index contributed by atoms with van der Waals surface area (Å²) >= 11 is 0. The Labute approximate surface area is 110 Å². The summed E-state index contributed by atoms with van der Waals surface area (Å²) in [6.07, 6.45) is 3.73. The molecule has 0 atom stereocenters. The number of rotatable bonds is 4. The van der Waals surface area contributed by atoms with E-state index in [2.05, 4.69) is 5.18 Å². The van der Waals surface area contributed by atoms with Gasteiger partial charge in [-0.2, -0.15) is 0 Å². The summed E-state index contributed by atoms with van der Waals surface area (Å²) < 4.78 is 5.08. The first-order valence-electron chi connectivity index (χ1n) is 5.71. The second kappa shape index (κ2) is 5.82. The fourth-order valence-electron chi connectivity index (χ4n) is 1.66. The summed E-state index contributed by atoms with van der Waals surface area (Å²) in [6.45, 7) is 0. The maximum absolute atomic E-state index is 10.3. The first-order valence-corrected chi connectivity index (χ1v) is 5.71. The minimum Gasteiger partial charge on any atom is -0.508 e. The molecule has 2 aromatic rings. The Morgan fingerprint density at radius 3 is 2.37 bits per heavy atom.